The third kappa shape index (κ3) is 1.44. The maximum absolute atomic E-state index is 12.4. The quantitative estimate of drug-likeness (QED) is 0.808. The fourth-order valence-corrected chi connectivity index (χ4v) is 2.60. The van der Waals surface area contributed by atoms with E-state index in [2.05, 4.69) is 9.97 Å². The zero-order valence-corrected chi connectivity index (χ0v) is 9.12. The zero-order valence-electron chi connectivity index (χ0n) is 8.31. The van der Waals surface area contributed by atoms with E-state index in [0.29, 0.717) is 13.1 Å². The summed E-state index contributed by atoms with van der Waals surface area (Å²) < 4.78 is 24.7. The van der Waals surface area contributed by atoms with Crippen LogP contribution in [0, 0.1) is 5.92 Å². The average Bonchev–Trinajstić information content (AvgIpc) is 2.63. The van der Waals surface area contributed by atoms with Crippen LogP contribution in [0.3, 0.4) is 0 Å². The minimum Gasteiger partial charge on any atom is -0.355 e. The van der Waals surface area contributed by atoms with E-state index < -0.39 is 12.3 Å². The molecule has 2 aromatic heterocycles. The Morgan fingerprint density at radius 2 is 2.19 bits per heavy atom. The van der Waals surface area contributed by atoms with E-state index >= 15 is 0 Å². The summed E-state index contributed by atoms with van der Waals surface area (Å²) in [5, 5.41) is 2.90. The molecule has 0 unspecified atom stereocenters. The van der Waals surface area contributed by atoms with E-state index in [1.807, 2.05) is 16.3 Å². The van der Waals surface area contributed by atoms with Gasteiger partial charge in [-0.1, -0.05) is 0 Å². The molecule has 3 nitrogen and oxygen atoms in total. The zero-order chi connectivity index (χ0) is 11.1. The molecule has 3 heterocycles. The van der Waals surface area contributed by atoms with E-state index in [-0.39, 0.29) is 0 Å². The van der Waals surface area contributed by atoms with Gasteiger partial charge >= 0.3 is 0 Å². The second-order valence-corrected chi connectivity index (χ2v) is 4.73. The summed E-state index contributed by atoms with van der Waals surface area (Å²) in [6.07, 6.45) is -0.736. The van der Waals surface area contributed by atoms with E-state index in [4.69, 9.17) is 0 Å². The van der Waals surface area contributed by atoms with Crippen molar-refractivity contribution in [2.24, 2.45) is 5.92 Å². The van der Waals surface area contributed by atoms with Crippen LogP contribution in [0.5, 0.6) is 0 Å². The van der Waals surface area contributed by atoms with E-state index in [9.17, 15) is 8.78 Å². The van der Waals surface area contributed by atoms with Gasteiger partial charge in [0.25, 0.3) is 0 Å². The molecular weight excluding hydrogens is 232 g/mol. The van der Waals surface area contributed by atoms with Gasteiger partial charge in [0.1, 0.15) is 17.0 Å². The van der Waals surface area contributed by atoms with Crippen LogP contribution in [0.2, 0.25) is 0 Å². The number of halogens is 2. The van der Waals surface area contributed by atoms with Crippen molar-refractivity contribution in [1.29, 1.82) is 0 Å². The second kappa shape index (κ2) is 3.62. The smallest absolute Gasteiger partial charge is 0.244 e. The Bertz CT molecular complexity index is 507. The molecule has 1 fully saturated rings. The van der Waals surface area contributed by atoms with Gasteiger partial charge in [-0.25, -0.2) is 18.7 Å². The molecule has 1 aliphatic rings. The fraction of sp³-hybridized carbons (Fsp3) is 0.400. The van der Waals surface area contributed by atoms with E-state index in [1.165, 1.54) is 17.7 Å². The van der Waals surface area contributed by atoms with Gasteiger partial charge in [-0.3, -0.25) is 0 Å². The van der Waals surface area contributed by atoms with E-state index in [1.54, 1.807) is 0 Å². The largest absolute Gasteiger partial charge is 0.355 e. The predicted octanol–water partition coefficient (Wildman–Crippen LogP) is 2.39. The van der Waals surface area contributed by atoms with Gasteiger partial charge < -0.3 is 4.90 Å². The molecule has 2 aromatic rings. The van der Waals surface area contributed by atoms with Crippen molar-refractivity contribution in [3.63, 3.8) is 0 Å². The predicted molar refractivity (Wildman–Crippen MR) is 59.1 cm³/mol. The van der Waals surface area contributed by atoms with Gasteiger partial charge in [0.05, 0.1) is 11.3 Å². The molecule has 0 aliphatic carbocycles. The molecule has 1 aliphatic heterocycles. The molecule has 84 valence electrons. The molecule has 6 heteroatoms. The highest BCUT2D eigenvalue weighted by atomic mass is 32.1. The molecule has 0 atom stereocenters. The van der Waals surface area contributed by atoms with Gasteiger partial charge in [0, 0.05) is 13.1 Å². The number of anilines is 1. The summed E-state index contributed by atoms with van der Waals surface area (Å²) in [6.45, 7) is 0.777. The molecular formula is C10H9F2N3S. The Balaban J connectivity index is 1.88. The molecule has 1 saturated heterocycles. The molecule has 0 aromatic carbocycles. The molecule has 0 spiro atoms. The Morgan fingerprint density at radius 1 is 1.38 bits per heavy atom. The molecule has 0 saturated carbocycles. The first-order valence-corrected chi connectivity index (χ1v) is 5.85. The van der Waals surface area contributed by atoms with Gasteiger partial charge in [0.15, 0.2) is 0 Å². The van der Waals surface area contributed by atoms with Crippen LogP contribution in [0.25, 0.3) is 10.2 Å². The van der Waals surface area contributed by atoms with Crippen LogP contribution in [0.4, 0.5) is 14.6 Å². The Kier molecular flexibility index (Phi) is 2.24. The Morgan fingerprint density at radius 3 is 2.94 bits per heavy atom. The van der Waals surface area contributed by atoms with Crippen molar-refractivity contribution in [2.45, 2.75) is 6.43 Å². The topological polar surface area (TPSA) is 29.0 Å². The van der Waals surface area contributed by atoms with Gasteiger partial charge in [-0.2, -0.15) is 0 Å². The lowest BCUT2D eigenvalue weighted by molar-refractivity contribution is 0.0612. The number of alkyl halides is 2. The Hall–Kier alpha value is -1.30. The SMILES string of the molecule is FC(F)C1CN(c2ncnc3sccc23)C1. The molecule has 0 radical (unpaired) electrons. The van der Waals surface area contributed by atoms with Crippen LogP contribution < -0.4 is 4.90 Å². The van der Waals surface area contributed by atoms with Crippen LogP contribution in [0.1, 0.15) is 0 Å². The van der Waals surface area contributed by atoms with Gasteiger partial charge in [-0.05, 0) is 11.4 Å². The summed E-state index contributed by atoms with van der Waals surface area (Å²) in [5.41, 5.74) is 0. The van der Waals surface area contributed by atoms with Crippen molar-refractivity contribution < 1.29 is 8.78 Å². The summed E-state index contributed by atoms with van der Waals surface area (Å²) in [6, 6.07) is 1.94. The standard InChI is InChI=1S/C10H9F2N3S/c11-8(12)6-3-15(4-6)9-7-1-2-16-10(7)14-5-13-9/h1-2,5-6,8H,3-4H2. The molecule has 16 heavy (non-hydrogen) atoms. The van der Waals surface area contributed by atoms with Crippen molar-refractivity contribution in [3.8, 4) is 0 Å². The lowest BCUT2D eigenvalue weighted by atomic mass is 10.0. The molecule has 0 N–H and O–H groups in total. The minimum absolute atomic E-state index is 0.389. The van der Waals surface area contributed by atoms with Crippen molar-refractivity contribution in [2.75, 3.05) is 18.0 Å². The number of hydrogen-bond donors (Lipinski definition) is 0. The molecule has 0 amide bonds. The number of aromatic nitrogens is 2. The van der Waals surface area contributed by atoms with Crippen molar-refractivity contribution >= 4 is 27.4 Å². The third-order valence-electron chi connectivity index (χ3n) is 2.81. The summed E-state index contributed by atoms with van der Waals surface area (Å²) in [4.78, 5) is 11.1. The number of nitrogens with zero attached hydrogens (tertiary/aromatic N) is 3. The van der Waals surface area contributed by atoms with Gasteiger partial charge in [-0.15, -0.1) is 11.3 Å². The monoisotopic (exact) mass is 241 g/mol. The lowest BCUT2D eigenvalue weighted by Gasteiger charge is -2.39. The lowest BCUT2D eigenvalue weighted by Crippen LogP contribution is -2.50. The maximum atomic E-state index is 12.4. The minimum atomic E-state index is -2.23. The number of hydrogen-bond acceptors (Lipinski definition) is 4. The second-order valence-electron chi connectivity index (χ2n) is 3.84. The van der Waals surface area contributed by atoms with Crippen molar-refractivity contribution in [3.05, 3.63) is 17.8 Å². The summed E-state index contributed by atoms with van der Waals surface area (Å²) in [7, 11) is 0. The van der Waals surface area contributed by atoms with Crippen LogP contribution in [-0.4, -0.2) is 29.5 Å². The van der Waals surface area contributed by atoms with Crippen molar-refractivity contribution in [1.82, 2.24) is 9.97 Å². The maximum Gasteiger partial charge on any atom is 0.244 e. The number of rotatable bonds is 2. The van der Waals surface area contributed by atoms with Gasteiger partial charge in [0.2, 0.25) is 6.43 Å². The van der Waals surface area contributed by atoms with Crippen LogP contribution in [0.15, 0.2) is 17.8 Å². The molecule has 0 bridgehead atoms. The highest BCUT2D eigenvalue weighted by Gasteiger charge is 2.35. The fourth-order valence-electron chi connectivity index (χ4n) is 1.87. The first-order chi connectivity index (χ1) is 7.75. The first kappa shape index (κ1) is 9.89. The Labute approximate surface area is 94.7 Å². The average molecular weight is 241 g/mol. The summed E-state index contributed by atoms with van der Waals surface area (Å²) in [5.74, 6) is 0.270. The van der Waals surface area contributed by atoms with Crippen LogP contribution >= 0.6 is 11.3 Å². The molecule has 3 rings (SSSR count). The highest BCUT2D eigenvalue weighted by Crippen LogP contribution is 2.32. The van der Waals surface area contributed by atoms with E-state index in [0.717, 1.165) is 16.0 Å². The number of fused-ring (bicyclic) bond motifs is 1. The number of thiophene rings is 1. The normalized spacial score (nSPS) is 17.1. The highest BCUT2D eigenvalue weighted by molar-refractivity contribution is 7.16. The summed E-state index contributed by atoms with van der Waals surface area (Å²) >= 11 is 1.53. The van der Waals surface area contributed by atoms with Crippen LogP contribution in [-0.2, 0) is 0 Å². The first-order valence-electron chi connectivity index (χ1n) is 4.97. The third-order valence-corrected chi connectivity index (χ3v) is 3.63.